The number of fused-ring (bicyclic) bond motifs is 2. The van der Waals surface area contributed by atoms with Crippen molar-refractivity contribution >= 4 is 28.3 Å². The van der Waals surface area contributed by atoms with Crippen LogP contribution in [-0.4, -0.2) is 27.5 Å². The van der Waals surface area contributed by atoms with Crippen molar-refractivity contribution in [2.24, 2.45) is 0 Å². The summed E-state index contributed by atoms with van der Waals surface area (Å²) in [6, 6.07) is 11.5. The van der Waals surface area contributed by atoms with Gasteiger partial charge in [-0.25, -0.2) is 9.67 Å². The molecule has 0 fully saturated rings. The van der Waals surface area contributed by atoms with Crippen LogP contribution in [0.3, 0.4) is 0 Å². The quantitative estimate of drug-likeness (QED) is 0.480. The van der Waals surface area contributed by atoms with Gasteiger partial charge in [-0.15, -0.1) is 11.3 Å². The van der Waals surface area contributed by atoms with Crippen LogP contribution in [0.5, 0.6) is 11.5 Å². The molecule has 1 aromatic carbocycles. The van der Waals surface area contributed by atoms with Crippen molar-refractivity contribution in [3.8, 4) is 22.1 Å². The van der Waals surface area contributed by atoms with Gasteiger partial charge >= 0.3 is 0 Å². The van der Waals surface area contributed by atoms with Crippen LogP contribution < -0.4 is 14.8 Å². The lowest BCUT2D eigenvalue weighted by Gasteiger charge is -2.16. The molecule has 158 valence electrons. The highest BCUT2D eigenvalue weighted by molar-refractivity contribution is 7.13. The molecule has 0 saturated carbocycles. The molecule has 0 aliphatic carbocycles. The first-order valence-electron chi connectivity index (χ1n) is 10.1. The van der Waals surface area contributed by atoms with Crippen molar-refractivity contribution in [1.29, 1.82) is 0 Å². The fourth-order valence-electron chi connectivity index (χ4n) is 3.67. The summed E-state index contributed by atoms with van der Waals surface area (Å²) in [5, 5.41) is 10.3. The Bertz CT molecular complexity index is 1260. The molecular weight excluding hydrogens is 412 g/mol. The van der Waals surface area contributed by atoms with Gasteiger partial charge in [0.1, 0.15) is 0 Å². The number of ether oxygens (including phenoxy) is 2. The minimum Gasteiger partial charge on any atom is -0.454 e. The third-order valence-corrected chi connectivity index (χ3v) is 6.21. The lowest BCUT2D eigenvalue weighted by atomic mass is 10.1. The number of aromatic nitrogens is 3. The topological polar surface area (TPSA) is 78.3 Å². The summed E-state index contributed by atoms with van der Waals surface area (Å²) >= 11 is 1.59. The second kappa shape index (κ2) is 7.70. The van der Waals surface area contributed by atoms with Crippen LogP contribution in [0.1, 0.15) is 48.8 Å². The number of carbonyl (C=O) groups excluding carboxylic acids is 1. The average molecular weight is 435 g/mol. The predicted molar refractivity (Wildman–Crippen MR) is 120 cm³/mol. The molecule has 1 unspecified atom stereocenters. The molecule has 4 aromatic rings. The van der Waals surface area contributed by atoms with Crippen LogP contribution in [-0.2, 0) is 0 Å². The van der Waals surface area contributed by atoms with E-state index in [1.54, 1.807) is 17.5 Å². The number of amides is 1. The van der Waals surface area contributed by atoms with Gasteiger partial charge in [-0.3, -0.25) is 4.79 Å². The molecule has 3 aromatic heterocycles. The van der Waals surface area contributed by atoms with Crippen molar-refractivity contribution in [2.75, 3.05) is 6.79 Å². The lowest BCUT2D eigenvalue weighted by molar-refractivity contribution is 0.0941. The molecule has 1 aliphatic heterocycles. The van der Waals surface area contributed by atoms with Crippen LogP contribution in [0, 0.1) is 0 Å². The van der Waals surface area contributed by atoms with E-state index in [1.807, 2.05) is 67.2 Å². The highest BCUT2D eigenvalue weighted by Gasteiger charge is 2.21. The number of hydrogen-bond acceptors (Lipinski definition) is 6. The maximum Gasteiger partial charge on any atom is 0.252 e. The number of nitrogens with one attached hydrogen (secondary N) is 1. The van der Waals surface area contributed by atoms with Gasteiger partial charge in [0.2, 0.25) is 6.79 Å². The molecule has 5 rings (SSSR count). The van der Waals surface area contributed by atoms with Gasteiger partial charge in [0.05, 0.1) is 33.8 Å². The summed E-state index contributed by atoms with van der Waals surface area (Å²) in [6.07, 6.45) is 1.72. The molecule has 4 heterocycles. The standard InChI is InChI=1S/C23H22N4O3S/c1-13(2)27-22-17(11-24-27)16(10-18(26-22)21-5-4-8-31-21)23(28)25-14(3)15-6-7-19-20(9-15)30-12-29-19/h4-11,13-14H,12H2,1-3H3,(H,25,28). The average Bonchev–Trinajstić information content (AvgIpc) is 3.52. The first kappa shape index (κ1) is 19.6. The third-order valence-electron chi connectivity index (χ3n) is 5.32. The number of carbonyl (C=O) groups is 1. The van der Waals surface area contributed by atoms with Crippen molar-refractivity contribution in [3.63, 3.8) is 0 Å². The van der Waals surface area contributed by atoms with E-state index in [9.17, 15) is 4.79 Å². The largest absolute Gasteiger partial charge is 0.454 e. The summed E-state index contributed by atoms with van der Waals surface area (Å²) in [5.41, 5.74) is 2.99. The smallest absolute Gasteiger partial charge is 0.252 e. The number of nitrogens with zero attached hydrogens (tertiary/aromatic N) is 3. The number of rotatable bonds is 5. The van der Waals surface area contributed by atoms with Gasteiger partial charge in [0.15, 0.2) is 17.1 Å². The molecule has 0 bridgehead atoms. The molecular formula is C23H22N4O3S. The molecule has 8 heteroatoms. The highest BCUT2D eigenvalue weighted by Crippen LogP contribution is 2.34. The second-order valence-electron chi connectivity index (χ2n) is 7.76. The normalized spacial score (nSPS) is 13.7. The van der Waals surface area contributed by atoms with Crippen LogP contribution in [0.25, 0.3) is 21.6 Å². The van der Waals surface area contributed by atoms with E-state index < -0.39 is 0 Å². The van der Waals surface area contributed by atoms with Gasteiger partial charge in [-0.1, -0.05) is 12.1 Å². The van der Waals surface area contributed by atoms with Crippen molar-refractivity contribution < 1.29 is 14.3 Å². The fraction of sp³-hybridized carbons (Fsp3) is 0.261. The van der Waals surface area contributed by atoms with E-state index in [-0.39, 0.29) is 24.8 Å². The summed E-state index contributed by atoms with van der Waals surface area (Å²) < 4.78 is 12.7. The molecule has 31 heavy (non-hydrogen) atoms. The molecule has 0 radical (unpaired) electrons. The van der Waals surface area contributed by atoms with Crippen LogP contribution in [0.4, 0.5) is 0 Å². The SMILES string of the molecule is CC(NC(=O)c1cc(-c2cccs2)nc2c1cnn2C(C)C)c1ccc2c(c1)OCO2. The Kier molecular flexibility index (Phi) is 4.86. The molecule has 0 spiro atoms. The maximum atomic E-state index is 13.3. The molecule has 1 aliphatic rings. The lowest BCUT2D eigenvalue weighted by Crippen LogP contribution is -2.27. The second-order valence-corrected chi connectivity index (χ2v) is 8.71. The molecule has 1 amide bonds. The zero-order valence-corrected chi connectivity index (χ0v) is 18.3. The molecule has 1 atom stereocenters. The van der Waals surface area contributed by atoms with Gasteiger partial charge in [-0.05, 0) is 56.0 Å². The summed E-state index contributed by atoms with van der Waals surface area (Å²) in [6.45, 7) is 6.27. The monoisotopic (exact) mass is 434 g/mol. The van der Waals surface area contributed by atoms with Crippen LogP contribution in [0.15, 0.2) is 48.0 Å². The van der Waals surface area contributed by atoms with E-state index in [1.165, 1.54) is 0 Å². The zero-order chi connectivity index (χ0) is 21.5. The van der Waals surface area contributed by atoms with E-state index in [2.05, 4.69) is 10.4 Å². The van der Waals surface area contributed by atoms with Gasteiger partial charge in [-0.2, -0.15) is 5.10 Å². The molecule has 7 nitrogen and oxygen atoms in total. The Labute approximate surface area is 183 Å². The number of thiophene rings is 1. The molecule has 0 saturated heterocycles. The first-order valence-corrected chi connectivity index (χ1v) is 11.0. The first-order chi connectivity index (χ1) is 15.0. The Morgan fingerprint density at radius 3 is 2.77 bits per heavy atom. The van der Waals surface area contributed by atoms with Crippen LogP contribution >= 0.6 is 11.3 Å². The van der Waals surface area contributed by atoms with Gasteiger partial charge in [0.25, 0.3) is 5.91 Å². The zero-order valence-electron chi connectivity index (χ0n) is 17.5. The summed E-state index contributed by atoms with van der Waals surface area (Å²) in [5.74, 6) is 1.25. The van der Waals surface area contributed by atoms with Crippen molar-refractivity contribution in [2.45, 2.75) is 32.9 Å². The number of hydrogen-bond donors (Lipinski definition) is 1. The van der Waals surface area contributed by atoms with E-state index >= 15 is 0 Å². The van der Waals surface area contributed by atoms with Crippen LogP contribution in [0.2, 0.25) is 0 Å². The Hall–Kier alpha value is -3.39. The minimum absolute atomic E-state index is 0.132. The Morgan fingerprint density at radius 2 is 2.00 bits per heavy atom. The van der Waals surface area contributed by atoms with Gasteiger partial charge < -0.3 is 14.8 Å². The third kappa shape index (κ3) is 3.53. The molecule has 1 N–H and O–H groups in total. The highest BCUT2D eigenvalue weighted by atomic mass is 32.1. The minimum atomic E-state index is -0.212. The van der Waals surface area contributed by atoms with E-state index in [0.717, 1.165) is 27.3 Å². The van der Waals surface area contributed by atoms with E-state index in [4.69, 9.17) is 14.5 Å². The van der Waals surface area contributed by atoms with E-state index in [0.29, 0.717) is 17.0 Å². The Morgan fingerprint density at radius 1 is 1.16 bits per heavy atom. The number of pyridine rings is 1. The van der Waals surface area contributed by atoms with Crippen molar-refractivity contribution in [3.05, 3.63) is 59.1 Å². The van der Waals surface area contributed by atoms with Gasteiger partial charge in [0, 0.05) is 6.04 Å². The Balaban J connectivity index is 1.51. The summed E-state index contributed by atoms with van der Waals surface area (Å²) in [7, 11) is 0. The fourth-order valence-corrected chi connectivity index (χ4v) is 4.36. The maximum absolute atomic E-state index is 13.3. The van der Waals surface area contributed by atoms with Crippen molar-refractivity contribution in [1.82, 2.24) is 20.1 Å². The number of benzene rings is 1. The summed E-state index contributed by atoms with van der Waals surface area (Å²) in [4.78, 5) is 19.2. The predicted octanol–water partition coefficient (Wildman–Crippen LogP) is 4.96.